The molecule has 5 nitrogen and oxygen atoms in total. The monoisotopic (exact) mass is 283 g/mol. The predicted octanol–water partition coefficient (Wildman–Crippen LogP) is 2.10. The highest BCUT2D eigenvalue weighted by atomic mass is 16.5. The van der Waals surface area contributed by atoms with Crippen LogP contribution < -0.4 is 19.5 Å². The Morgan fingerprint density at radius 3 is 2.30 bits per heavy atom. The van der Waals surface area contributed by atoms with Crippen molar-refractivity contribution in [3.05, 3.63) is 18.2 Å². The van der Waals surface area contributed by atoms with E-state index in [4.69, 9.17) is 18.9 Å². The Bertz CT molecular complexity index is 349. The van der Waals surface area contributed by atoms with Crippen LogP contribution in [0, 0.1) is 0 Å². The summed E-state index contributed by atoms with van der Waals surface area (Å²) in [5, 5.41) is 3.21. The minimum atomic E-state index is 0.567. The summed E-state index contributed by atoms with van der Waals surface area (Å²) >= 11 is 0. The normalized spacial score (nSPS) is 10.3. The van der Waals surface area contributed by atoms with Gasteiger partial charge in [0.15, 0.2) is 11.5 Å². The molecule has 0 aliphatic heterocycles. The molecule has 0 aliphatic rings. The summed E-state index contributed by atoms with van der Waals surface area (Å²) < 4.78 is 21.7. The second-order valence-electron chi connectivity index (χ2n) is 4.16. The first-order valence-electron chi connectivity index (χ1n) is 6.95. The van der Waals surface area contributed by atoms with Gasteiger partial charge in [0, 0.05) is 19.6 Å². The third-order valence-corrected chi connectivity index (χ3v) is 2.74. The Balaban J connectivity index is 2.27. The number of hydrogen-bond donors (Lipinski definition) is 1. The van der Waals surface area contributed by atoms with Crippen LogP contribution in [0.15, 0.2) is 18.2 Å². The van der Waals surface area contributed by atoms with Crippen LogP contribution in [0.2, 0.25) is 0 Å². The maximum atomic E-state index is 5.73. The molecule has 0 fully saturated rings. The van der Waals surface area contributed by atoms with E-state index in [1.165, 1.54) is 0 Å². The summed E-state index contributed by atoms with van der Waals surface area (Å²) in [5.74, 6) is 2.00. The van der Waals surface area contributed by atoms with Gasteiger partial charge in [0.2, 0.25) is 5.75 Å². The molecule has 1 N–H and O–H groups in total. The Labute approximate surface area is 121 Å². The Morgan fingerprint density at radius 2 is 1.70 bits per heavy atom. The summed E-state index contributed by atoms with van der Waals surface area (Å²) in [6, 6.07) is 5.57. The summed E-state index contributed by atoms with van der Waals surface area (Å²) in [6.45, 7) is 5.92. The Hall–Kier alpha value is -1.46. The van der Waals surface area contributed by atoms with Gasteiger partial charge in [0.1, 0.15) is 0 Å². The minimum Gasteiger partial charge on any atom is -0.493 e. The molecular weight excluding hydrogens is 258 g/mol. The summed E-state index contributed by atoms with van der Waals surface area (Å²) in [7, 11) is 3.23. The fourth-order valence-electron chi connectivity index (χ4n) is 1.72. The molecule has 0 aromatic heterocycles. The van der Waals surface area contributed by atoms with E-state index in [0.29, 0.717) is 30.5 Å². The molecule has 0 atom stereocenters. The first-order chi connectivity index (χ1) is 9.83. The van der Waals surface area contributed by atoms with Gasteiger partial charge < -0.3 is 24.3 Å². The largest absolute Gasteiger partial charge is 0.493 e. The van der Waals surface area contributed by atoms with Crippen molar-refractivity contribution in [3.63, 3.8) is 0 Å². The zero-order chi connectivity index (χ0) is 14.6. The van der Waals surface area contributed by atoms with Crippen molar-refractivity contribution in [3.8, 4) is 17.2 Å². The lowest BCUT2D eigenvalue weighted by atomic mass is 10.3. The standard InChI is InChI=1S/C15H25NO4/c1-4-16-9-12-19-10-6-11-20-15-13(17-2)7-5-8-14(15)18-3/h5,7-8,16H,4,6,9-12H2,1-3H3. The summed E-state index contributed by atoms with van der Waals surface area (Å²) in [5.41, 5.74) is 0. The fourth-order valence-corrected chi connectivity index (χ4v) is 1.72. The van der Waals surface area contributed by atoms with Gasteiger partial charge >= 0.3 is 0 Å². The fraction of sp³-hybridized carbons (Fsp3) is 0.600. The molecule has 20 heavy (non-hydrogen) atoms. The third-order valence-electron chi connectivity index (χ3n) is 2.74. The van der Waals surface area contributed by atoms with Crippen molar-refractivity contribution >= 4 is 0 Å². The topological polar surface area (TPSA) is 49.0 Å². The first kappa shape index (κ1) is 16.6. The van der Waals surface area contributed by atoms with Gasteiger partial charge in [0.25, 0.3) is 0 Å². The lowest BCUT2D eigenvalue weighted by molar-refractivity contribution is 0.120. The van der Waals surface area contributed by atoms with Crippen molar-refractivity contribution in [1.82, 2.24) is 5.32 Å². The highest BCUT2D eigenvalue weighted by molar-refractivity contribution is 5.51. The van der Waals surface area contributed by atoms with E-state index in [1.807, 2.05) is 18.2 Å². The lowest BCUT2D eigenvalue weighted by Gasteiger charge is -2.14. The average Bonchev–Trinajstić information content (AvgIpc) is 2.49. The highest BCUT2D eigenvalue weighted by Crippen LogP contribution is 2.36. The molecule has 5 heteroatoms. The van der Waals surface area contributed by atoms with Crippen molar-refractivity contribution in [2.75, 3.05) is 47.1 Å². The van der Waals surface area contributed by atoms with E-state index in [9.17, 15) is 0 Å². The number of nitrogens with one attached hydrogen (secondary N) is 1. The average molecular weight is 283 g/mol. The van der Waals surface area contributed by atoms with Crippen LogP contribution in [0.5, 0.6) is 17.2 Å². The molecule has 0 saturated carbocycles. The predicted molar refractivity (Wildman–Crippen MR) is 79.0 cm³/mol. The maximum Gasteiger partial charge on any atom is 0.203 e. The van der Waals surface area contributed by atoms with Gasteiger partial charge in [-0.1, -0.05) is 13.0 Å². The molecule has 0 aliphatic carbocycles. The molecule has 0 amide bonds. The van der Waals surface area contributed by atoms with Crippen LogP contribution in [-0.2, 0) is 4.74 Å². The van der Waals surface area contributed by atoms with Crippen LogP contribution in [0.1, 0.15) is 13.3 Å². The Morgan fingerprint density at radius 1 is 1.00 bits per heavy atom. The van der Waals surface area contributed by atoms with Crippen LogP contribution in [0.3, 0.4) is 0 Å². The van der Waals surface area contributed by atoms with Crippen molar-refractivity contribution in [2.24, 2.45) is 0 Å². The maximum absolute atomic E-state index is 5.73. The molecule has 114 valence electrons. The number of likely N-dealkylation sites (N-methyl/N-ethyl adjacent to an activating group) is 1. The molecule has 0 spiro atoms. The highest BCUT2D eigenvalue weighted by Gasteiger charge is 2.10. The number of hydrogen-bond acceptors (Lipinski definition) is 5. The van der Waals surface area contributed by atoms with Gasteiger partial charge in [-0.15, -0.1) is 0 Å². The number of rotatable bonds is 11. The van der Waals surface area contributed by atoms with Gasteiger partial charge in [-0.25, -0.2) is 0 Å². The van der Waals surface area contributed by atoms with Gasteiger partial charge in [-0.2, -0.15) is 0 Å². The van der Waals surface area contributed by atoms with E-state index in [2.05, 4.69) is 12.2 Å². The van der Waals surface area contributed by atoms with Crippen molar-refractivity contribution < 1.29 is 18.9 Å². The molecule has 0 saturated heterocycles. The molecule has 1 aromatic carbocycles. The SMILES string of the molecule is CCNCCOCCCOc1c(OC)cccc1OC. The third kappa shape index (κ3) is 5.67. The number of ether oxygens (including phenoxy) is 4. The van der Waals surface area contributed by atoms with Crippen LogP contribution in [-0.4, -0.2) is 47.1 Å². The van der Waals surface area contributed by atoms with Gasteiger partial charge in [0.05, 0.1) is 27.4 Å². The zero-order valence-electron chi connectivity index (χ0n) is 12.6. The number of methoxy groups -OCH3 is 2. The molecule has 0 bridgehead atoms. The second-order valence-corrected chi connectivity index (χ2v) is 4.16. The smallest absolute Gasteiger partial charge is 0.203 e. The lowest BCUT2D eigenvalue weighted by Crippen LogP contribution is -2.19. The quantitative estimate of drug-likeness (QED) is 0.630. The minimum absolute atomic E-state index is 0.567. The van der Waals surface area contributed by atoms with E-state index in [1.54, 1.807) is 14.2 Å². The van der Waals surface area contributed by atoms with E-state index in [0.717, 1.165) is 26.1 Å². The van der Waals surface area contributed by atoms with Crippen LogP contribution in [0.25, 0.3) is 0 Å². The van der Waals surface area contributed by atoms with Crippen molar-refractivity contribution in [2.45, 2.75) is 13.3 Å². The Kier molecular flexibility index (Phi) is 8.58. The molecule has 0 radical (unpaired) electrons. The van der Waals surface area contributed by atoms with Gasteiger partial charge in [-0.05, 0) is 18.7 Å². The van der Waals surface area contributed by atoms with E-state index < -0.39 is 0 Å². The first-order valence-corrected chi connectivity index (χ1v) is 6.95. The molecule has 0 heterocycles. The van der Waals surface area contributed by atoms with E-state index in [-0.39, 0.29) is 0 Å². The molecule has 1 rings (SSSR count). The van der Waals surface area contributed by atoms with Crippen LogP contribution in [0.4, 0.5) is 0 Å². The zero-order valence-corrected chi connectivity index (χ0v) is 12.6. The second kappa shape index (κ2) is 10.3. The van der Waals surface area contributed by atoms with Crippen molar-refractivity contribution in [1.29, 1.82) is 0 Å². The summed E-state index contributed by atoms with van der Waals surface area (Å²) in [4.78, 5) is 0. The molecular formula is C15H25NO4. The number of para-hydroxylation sites is 1. The number of benzene rings is 1. The summed E-state index contributed by atoms with van der Waals surface area (Å²) in [6.07, 6.45) is 0.827. The molecule has 1 aromatic rings. The molecule has 0 unspecified atom stereocenters. The van der Waals surface area contributed by atoms with E-state index >= 15 is 0 Å². The van der Waals surface area contributed by atoms with Gasteiger partial charge in [-0.3, -0.25) is 0 Å². The van der Waals surface area contributed by atoms with Crippen LogP contribution >= 0.6 is 0 Å².